The number of aryl methyl sites for hydroxylation is 2. The Morgan fingerprint density at radius 1 is 1.06 bits per heavy atom. The molecule has 0 bridgehead atoms. The van der Waals surface area contributed by atoms with Crippen LogP contribution in [0.5, 0.6) is 0 Å². The van der Waals surface area contributed by atoms with E-state index in [1.165, 1.54) is 10.5 Å². The number of amides is 1. The summed E-state index contributed by atoms with van der Waals surface area (Å²) in [5.41, 5.74) is 1.83. The molecule has 180 valence electrons. The van der Waals surface area contributed by atoms with Crippen LogP contribution in [0.4, 0.5) is 0 Å². The van der Waals surface area contributed by atoms with Gasteiger partial charge in [0.15, 0.2) is 5.49 Å². The number of carbonyl (C=O) groups excluding carboxylic acids is 2. The smallest absolute Gasteiger partial charge is 0.341 e. The summed E-state index contributed by atoms with van der Waals surface area (Å²) >= 11 is 0. The van der Waals surface area contributed by atoms with Crippen LogP contribution in [0.25, 0.3) is 16.7 Å². The predicted molar refractivity (Wildman–Crippen MR) is 133 cm³/mol. The van der Waals surface area contributed by atoms with E-state index in [9.17, 15) is 14.4 Å². The maximum absolute atomic E-state index is 13.4. The van der Waals surface area contributed by atoms with Crippen molar-refractivity contribution in [1.82, 2.24) is 14.0 Å². The SMILES string of the molecule is CCCCC(=O)N=c1c(C(=O)OCC)cc2c(=O)n3ccccc3nc2n1CCc1ccccc1. The van der Waals surface area contributed by atoms with Crippen LogP contribution < -0.4 is 11.0 Å². The minimum atomic E-state index is -0.637. The fraction of sp³-hybridized carbons (Fsp3) is 0.296. The van der Waals surface area contributed by atoms with Crippen molar-refractivity contribution in [2.24, 2.45) is 4.99 Å². The highest BCUT2D eigenvalue weighted by molar-refractivity contribution is 5.93. The maximum atomic E-state index is 13.4. The molecule has 0 N–H and O–H groups in total. The molecule has 0 aliphatic rings. The summed E-state index contributed by atoms with van der Waals surface area (Å²) in [6.07, 6.45) is 4.04. The van der Waals surface area contributed by atoms with Crippen LogP contribution in [0.1, 0.15) is 49.0 Å². The van der Waals surface area contributed by atoms with Crippen LogP contribution in [0.3, 0.4) is 0 Å². The third-order valence-corrected chi connectivity index (χ3v) is 5.73. The molecular weight excluding hydrogens is 444 g/mol. The number of nitrogens with zero attached hydrogens (tertiary/aromatic N) is 4. The molecule has 8 nitrogen and oxygen atoms in total. The van der Waals surface area contributed by atoms with Crippen molar-refractivity contribution in [1.29, 1.82) is 0 Å². The molecule has 1 amide bonds. The summed E-state index contributed by atoms with van der Waals surface area (Å²) < 4.78 is 8.41. The molecule has 1 aromatic carbocycles. The Morgan fingerprint density at radius 3 is 2.57 bits per heavy atom. The molecule has 4 rings (SSSR count). The molecule has 0 fully saturated rings. The fourth-order valence-corrected chi connectivity index (χ4v) is 3.96. The Hall–Kier alpha value is -4.07. The lowest BCUT2D eigenvalue weighted by Gasteiger charge is -2.15. The molecule has 0 unspecified atom stereocenters. The van der Waals surface area contributed by atoms with Gasteiger partial charge in [0.2, 0.25) is 5.91 Å². The number of fused-ring (bicyclic) bond motifs is 2. The average molecular weight is 473 g/mol. The van der Waals surface area contributed by atoms with Crippen molar-refractivity contribution in [3.05, 3.63) is 87.8 Å². The summed E-state index contributed by atoms with van der Waals surface area (Å²) in [5, 5.41) is 0.254. The van der Waals surface area contributed by atoms with E-state index in [2.05, 4.69) is 4.99 Å². The van der Waals surface area contributed by atoms with Gasteiger partial charge >= 0.3 is 5.97 Å². The van der Waals surface area contributed by atoms with Gasteiger partial charge in [-0.25, -0.2) is 9.78 Å². The lowest BCUT2D eigenvalue weighted by molar-refractivity contribution is -0.118. The van der Waals surface area contributed by atoms with Gasteiger partial charge < -0.3 is 9.30 Å². The number of hydrogen-bond donors (Lipinski definition) is 0. The number of unbranched alkanes of at least 4 members (excludes halogenated alkanes) is 1. The molecule has 8 heteroatoms. The number of carbonyl (C=O) groups is 2. The Kier molecular flexibility index (Phi) is 7.50. The summed E-state index contributed by atoms with van der Waals surface area (Å²) in [7, 11) is 0. The highest BCUT2D eigenvalue weighted by atomic mass is 16.5. The van der Waals surface area contributed by atoms with Crippen molar-refractivity contribution in [2.45, 2.75) is 46.1 Å². The number of benzene rings is 1. The van der Waals surface area contributed by atoms with E-state index in [0.29, 0.717) is 30.7 Å². The Bertz CT molecular complexity index is 1500. The monoisotopic (exact) mass is 472 g/mol. The van der Waals surface area contributed by atoms with Crippen molar-refractivity contribution < 1.29 is 14.3 Å². The molecule has 3 aromatic heterocycles. The van der Waals surface area contributed by atoms with E-state index in [-0.39, 0.29) is 40.9 Å². The van der Waals surface area contributed by atoms with Crippen molar-refractivity contribution >= 4 is 28.6 Å². The van der Waals surface area contributed by atoms with E-state index >= 15 is 0 Å². The second-order valence-electron chi connectivity index (χ2n) is 8.18. The first-order valence-electron chi connectivity index (χ1n) is 11.9. The first kappa shape index (κ1) is 24.1. The highest BCUT2D eigenvalue weighted by Crippen LogP contribution is 2.13. The van der Waals surface area contributed by atoms with Crippen molar-refractivity contribution in [2.75, 3.05) is 6.61 Å². The second-order valence-corrected chi connectivity index (χ2v) is 8.18. The standard InChI is InChI=1S/C27H28N4O4/c1-3-5-14-23(32)29-25-21(27(34)35-4-2)18-20-24(28-22-13-9-10-16-30(22)26(20)33)31(25)17-15-19-11-7-6-8-12-19/h6-13,16,18H,3-5,14-15,17H2,1-2H3. The molecule has 0 aliphatic heterocycles. The topological polar surface area (TPSA) is 95.0 Å². The van der Waals surface area contributed by atoms with Crippen LogP contribution in [0.2, 0.25) is 0 Å². The first-order chi connectivity index (χ1) is 17.0. The van der Waals surface area contributed by atoms with Gasteiger partial charge in [-0.3, -0.25) is 14.0 Å². The lowest BCUT2D eigenvalue weighted by Crippen LogP contribution is -2.33. The largest absolute Gasteiger partial charge is 0.462 e. The van der Waals surface area contributed by atoms with Crippen LogP contribution in [0, 0.1) is 0 Å². The highest BCUT2D eigenvalue weighted by Gasteiger charge is 2.20. The Labute approximate surface area is 202 Å². The van der Waals surface area contributed by atoms with E-state index in [1.807, 2.05) is 37.3 Å². The van der Waals surface area contributed by atoms with Crippen molar-refractivity contribution in [3.63, 3.8) is 0 Å². The molecule has 0 radical (unpaired) electrons. The van der Waals surface area contributed by atoms with Gasteiger partial charge in [0.05, 0.1) is 12.0 Å². The summed E-state index contributed by atoms with van der Waals surface area (Å²) in [6, 6.07) is 16.6. The van der Waals surface area contributed by atoms with E-state index in [4.69, 9.17) is 9.72 Å². The lowest BCUT2D eigenvalue weighted by atomic mass is 10.1. The zero-order valence-corrected chi connectivity index (χ0v) is 19.9. The second kappa shape index (κ2) is 10.9. The molecule has 0 saturated carbocycles. The molecular formula is C27H28N4O4. The Morgan fingerprint density at radius 2 is 1.83 bits per heavy atom. The number of hydrogen-bond acceptors (Lipinski definition) is 5. The Balaban J connectivity index is 2.03. The normalized spacial score (nSPS) is 11.8. The molecule has 0 saturated heterocycles. The maximum Gasteiger partial charge on any atom is 0.341 e. The van der Waals surface area contributed by atoms with Gasteiger partial charge in [-0.2, -0.15) is 4.99 Å². The molecule has 0 atom stereocenters. The van der Waals surface area contributed by atoms with Gasteiger partial charge in [-0.15, -0.1) is 0 Å². The molecule has 3 heterocycles. The van der Waals surface area contributed by atoms with Gasteiger partial charge in [0, 0.05) is 19.2 Å². The van der Waals surface area contributed by atoms with E-state index in [1.54, 1.807) is 35.9 Å². The van der Waals surface area contributed by atoms with Crippen LogP contribution in [0.15, 0.2) is 70.6 Å². The number of aromatic nitrogens is 3. The quantitative estimate of drug-likeness (QED) is 0.288. The number of pyridine rings is 2. The summed E-state index contributed by atoms with van der Waals surface area (Å²) in [4.78, 5) is 48.2. The minimum absolute atomic E-state index is 0.0760. The fourth-order valence-electron chi connectivity index (χ4n) is 3.96. The molecule has 0 aliphatic carbocycles. The predicted octanol–water partition coefficient (Wildman–Crippen LogP) is 3.69. The first-order valence-corrected chi connectivity index (χ1v) is 11.9. The third kappa shape index (κ3) is 5.21. The summed E-state index contributed by atoms with van der Waals surface area (Å²) in [5.74, 6) is -0.967. The number of rotatable bonds is 8. The van der Waals surface area contributed by atoms with E-state index in [0.717, 1.165) is 12.0 Å². The molecule has 0 spiro atoms. The minimum Gasteiger partial charge on any atom is -0.462 e. The van der Waals surface area contributed by atoms with Crippen LogP contribution in [-0.2, 0) is 22.5 Å². The van der Waals surface area contributed by atoms with Crippen LogP contribution >= 0.6 is 0 Å². The van der Waals surface area contributed by atoms with Gasteiger partial charge in [0.1, 0.15) is 16.9 Å². The number of ether oxygens (including phenoxy) is 1. The van der Waals surface area contributed by atoms with E-state index < -0.39 is 5.97 Å². The molecule has 4 aromatic rings. The van der Waals surface area contributed by atoms with Gasteiger partial charge in [-0.05, 0) is 43.5 Å². The third-order valence-electron chi connectivity index (χ3n) is 5.73. The van der Waals surface area contributed by atoms with Gasteiger partial charge in [-0.1, -0.05) is 49.7 Å². The zero-order valence-electron chi connectivity index (χ0n) is 19.9. The van der Waals surface area contributed by atoms with Gasteiger partial charge in [0.25, 0.3) is 5.56 Å². The van der Waals surface area contributed by atoms with Crippen LogP contribution in [-0.4, -0.2) is 32.4 Å². The van der Waals surface area contributed by atoms with Crippen molar-refractivity contribution in [3.8, 4) is 0 Å². The number of esters is 1. The molecule has 35 heavy (non-hydrogen) atoms. The summed E-state index contributed by atoms with van der Waals surface area (Å²) in [6.45, 7) is 4.22. The average Bonchev–Trinajstić information content (AvgIpc) is 2.87. The zero-order chi connectivity index (χ0) is 24.8.